The number of piperidine rings is 1. The van der Waals surface area contributed by atoms with Crippen molar-refractivity contribution >= 4 is 40.8 Å². The molecule has 0 bridgehead atoms. The number of carbonyl (C=O) groups excluding carboxylic acids is 3. The smallest absolute Gasteiger partial charge is 0.319 e. The molecule has 0 atom stereocenters. The van der Waals surface area contributed by atoms with E-state index in [1.807, 2.05) is 4.90 Å². The number of nitrogens with one attached hydrogen (secondary N) is 3. The number of anilines is 2. The van der Waals surface area contributed by atoms with E-state index in [9.17, 15) is 14.4 Å². The first-order valence-electron chi connectivity index (χ1n) is 10.4. The van der Waals surface area contributed by atoms with Crippen molar-refractivity contribution in [1.29, 1.82) is 0 Å². The molecule has 29 heavy (non-hydrogen) atoms. The topological polar surface area (TPSA) is 90.5 Å². The van der Waals surface area contributed by atoms with Crippen molar-refractivity contribution in [3.05, 3.63) is 23.2 Å². The summed E-state index contributed by atoms with van der Waals surface area (Å²) in [5.41, 5.74) is 1.05. The molecule has 4 amide bonds. The van der Waals surface area contributed by atoms with Crippen molar-refractivity contribution in [3.8, 4) is 0 Å². The Morgan fingerprint density at radius 1 is 1.00 bits per heavy atom. The number of nitrogens with zero attached hydrogens (tertiary/aromatic N) is 1. The quantitative estimate of drug-likeness (QED) is 0.687. The molecule has 1 aliphatic carbocycles. The van der Waals surface area contributed by atoms with Crippen molar-refractivity contribution < 1.29 is 14.4 Å². The number of likely N-dealkylation sites (tertiary alicyclic amines) is 1. The van der Waals surface area contributed by atoms with E-state index in [2.05, 4.69) is 16.0 Å². The molecular formula is C21H29ClN4O3. The van der Waals surface area contributed by atoms with Crippen LogP contribution in [-0.4, -0.2) is 41.9 Å². The summed E-state index contributed by atoms with van der Waals surface area (Å²) in [6, 6.07) is 4.63. The van der Waals surface area contributed by atoms with Crippen LogP contribution in [0.2, 0.25) is 5.02 Å². The average Bonchev–Trinajstić information content (AvgIpc) is 2.70. The van der Waals surface area contributed by atoms with Crippen molar-refractivity contribution in [1.82, 2.24) is 10.2 Å². The number of urea groups is 1. The number of halogens is 1. The van der Waals surface area contributed by atoms with Crippen LogP contribution in [0.5, 0.6) is 0 Å². The normalized spacial score (nSPS) is 18.2. The van der Waals surface area contributed by atoms with Crippen LogP contribution in [-0.2, 0) is 9.59 Å². The van der Waals surface area contributed by atoms with E-state index >= 15 is 0 Å². The lowest BCUT2D eigenvalue weighted by molar-refractivity contribution is -0.137. The van der Waals surface area contributed by atoms with Gasteiger partial charge >= 0.3 is 6.03 Å². The molecule has 2 fully saturated rings. The minimum absolute atomic E-state index is 0.0304. The molecule has 1 aromatic rings. The molecule has 0 unspecified atom stereocenters. The number of benzene rings is 1. The fraction of sp³-hybridized carbons (Fsp3) is 0.571. The van der Waals surface area contributed by atoms with Crippen LogP contribution in [0.3, 0.4) is 0 Å². The van der Waals surface area contributed by atoms with Crippen molar-refractivity contribution in [2.75, 3.05) is 23.7 Å². The zero-order valence-corrected chi connectivity index (χ0v) is 17.6. The molecule has 0 spiro atoms. The lowest BCUT2D eigenvalue weighted by Crippen LogP contribution is -2.49. The molecule has 3 rings (SSSR count). The third kappa shape index (κ3) is 6.10. The van der Waals surface area contributed by atoms with Crippen LogP contribution in [0.4, 0.5) is 16.2 Å². The highest BCUT2D eigenvalue weighted by Gasteiger charge is 2.29. The summed E-state index contributed by atoms with van der Waals surface area (Å²) >= 11 is 6.19. The fourth-order valence-corrected chi connectivity index (χ4v) is 4.32. The minimum atomic E-state index is -0.323. The molecule has 1 heterocycles. The number of carbonyl (C=O) groups is 3. The second-order valence-corrected chi connectivity index (χ2v) is 8.32. The Morgan fingerprint density at radius 3 is 2.31 bits per heavy atom. The van der Waals surface area contributed by atoms with Crippen LogP contribution in [0.1, 0.15) is 51.9 Å². The van der Waals surface area contributed by atoms with E-state index in [1.165, 1.54) is 13.3 Å². The van der Waals surface area contributed by atoms with Gasteiger partial charge in [-0.05, 0) is 43.9 Å². The Labute approximate surface area is 176 Å². The molecule has 1 saturated heterocycles. The van der Waals surface area contributed by atoms with Crippen LogP contribution >= 0.6 is 11.6 Å². The van der Waals surface area contributed by atoms with Gasteiger partial charge in [-0.25, -0.2) is 4.79 Å². The first-order valence-corrected chi connectivity index (χ1v) is 10.7. The predicted octanol–water partition coefficient (Wildman–Crippen LogP) is 3.99. The van der Waals surface area contributed by atoms with E-state index in [0.29, 0.717) is 35.4 Å². The van der Waals surface area contributed by atoms with Gasteiger partial charge in [0.2, 0.25) is 11.8 Å². The Bertz CT molecular complexity index is 756. The Kier molecular flexibility index (Phi) is 7.36. The average molecular weight is 421 g/mol. The summed E-state index contributed by atoms with van der Waals surface area (Å²) < 4.78 is 0. The van der Waals surface area contributed by atoms with Gasteiger partial charge in [-0.15, -0.1) is 0 Å². The van der Waals surface area contributed by atoms with Crippen molar-refractivity contribution in [2.24, 2.45) is 5.92 Å². The van der Waals surface area contributed by atoms with Gasteiger partial charge in [-0.2, -0.15) is 0 Å². The Morgan fingerprint density at radius 2 is 1.69 bits per heavy atom. The third-order valence-electron chi connectivity index (χ3n) is 5.63. The SMILES string of the molecule is CC(=O)Nc1ccc(NC(=O)NC2CCN(C(=O)C3CCCCC3)CC2)c(Cl)c1. The highest BCUT2D eigenvalue weighted by Crippen LogP contribution is 2.27. The van der Waals surface area contributed by atoms with E-state index in [-0.39, 0.29) is 23.9 Å². The molecule has 1 aliphatic heterocycles. The Hall–Kier alpha value is -2.28. The van der Waals surface area contributed by atoms with Gasteiger partial charge in [0, 0.05) is 37.7 Å². The molecule has 158 valence electrons. The number of rotatable bonds is 4. The maximum atomic E-state index is 12.6. The zero-order valence-electron chi connectivity index (χ0n) is 16.8. The van der Waals surface area contributed by atoms with E-state index in [4.69, 9.17) is 11.6 Å². The fourth-order valence-electron chi connectivity index (χ4n) is 4.09. The molecule has 3 N–H and O–H groups in total. The lowest BCUT2D eigenvalue weighted by Gasteiger charge is -2.35. The monoisotopic (exact) mass is 420 g/mol. The van der Waals surface area contributed by atoms with Crippen LogP contribution < -0.4 is 16.0 Å². The molecule has 0 radical (unpaired) electrons. The molecule has 1 saturated carbocycles. The summed E-state index contributed by atoms with van der Waals surface area (Å²) in [7, 11) is 0. The van der Waals surface area contributed by atoms with E-state index in [1.54, 1.807) is 18.2 Å². The lowest BCUT2D eigenvalue weighted by atomic mass is 9.87. The highest BCUT2D eigenvalue weighted by atomic mass is 35.5. The van der Waals surface area contributed by atoms with Crippen molar-refractivity contribution in [2.45, 2.75) is 57.9 Å². The van der Waals surface area contributed by atoms with Crippen LogP contribution in [0, 0.1) is 5.92 Å². The van der Waals surface area contributed by atoms with Crippen molar-refractivity contribution in [3.63, 3.8) is 0 Å². The maximum absolute atomic E-state index is 12.6. The number of amides is 4. The number of hydrogen-bond acceptors (Lipinski definition) is 3. The minimum Gasteiger partial charge on any atom is -0.342 e. The number of hydrogen-bond donors (Lipinski definition) is 3. The molecule has 8 heteroatoms. The molecule has 7 nitrogen and oxygen atoms in total. The first-order chi connectivity index (χ1) is 13.9. The zero-order chi connectivity index (χ0) is 20.8. The highest BCUT2D eigenvalue weighted by molar-refractivity contribution is 6.34. The summed E-state index contributed by atoms with van der Waals surface area (Å²) in [4.78, 5) is 38.0. The first kappa shape index (κ1) is 21.4. The van der Waals surface area contributed by atoms with E-state index < -0.39 is 0 Å². The standard InChI is InChI=1S/C21H29ClN4O3/c1-14(27)23-17-7-8-19(18(22)13-17)25-21(29)24-16-9-11-26(12-10-16)20(28)15-5-3-2-4-6-15/h7-8,13,15-16H,2-6,9-12H2,1H3,(H,23,27)(H2,24,25,29). The van der Waals surface area contributed by atoms with Gasteiger partial charge in [0.25, 0.3) is 0 Å². The summed E-state index contributed by atoms with van der Waals surface area (Å²) in [5.74, 6) is 0.297. The van der Waals surface area contributed by atoms with Gasteiger partial charge in [0.15, 0.2) is 0 Å². The van der Waals surface area contributed by atoms with Crippen LogP contribution in [0.25, 0.3) is 0 Å². The van der Waals surface area contributed by atoms with Gasteiger partial charge in [-0.3, -0.25) is 9.59 Å². The summed E-state index contributed by atoms with van der Waals surface area (Å²) in [6.07, 6.45) is 7.08. The summed E-state index contributed by atoms with van der Waals surface area (Å²) in [6.45, 7) is 2.79. The van der Waals surface area contributed by atoms with Gasteiger partial charge < -0.3 is 20.9 Å². The van der Waals surface area contributed by atoms with Gasteiger partial charge in [-0.1, -0.05) is 30.9 Å². The maximum Gasteiger partial charge on any atom is 0.319 e. The van der Waals surface area contributed by atoms with E-state index in [0.717, 1.165) is 38.5 Å². The molecular weight excluding hydrogens is 392 g/mol. The van der Waals surface area contributed by atoms with Gasteiger partial charge in [0.1, 0.15) is 0 Å². The summed E-state index contributed by atoms with van der Waals surface area (Å²) in [5, 5.41) is 8.70. The molecule has 1 aromatic carbocycles. The van der Waals surface area contributed by atoms with Gasteiger partial charge in [0.05, 0.1) is 10.7 Å². The molecule has 0 aromatic heterocycles. The van der Waals surface area contributed by atoms with Crippen LogP contribution in [0.15, 0.2) is 18.2 Å². The Balaban J connectivity index is 1.45. The predicted molar refractivity (Wildman–Crippen MR) is 114 cm³/mol. The third-order valence-corrected chi connectivity index (χ3v) is 5.95. The molecule has 2 aliphatic rings. The second-order valence-electron chi connectivity index (χ2n) is 7.91. The largest absolute Gasteiger partial charge is 0.342 e. The second kappa shape index (κ2) is 9.96.